The number of hydrogen-bond acceptors (Lipinski definition) is 7. The second-order valence-electron chi connectivity index (χ2n) is 6.83. The molecule has 7 nitrogen and oxygen atoms in total. The number of hydrogen-bond donors (Lipinski definition) is 0. The van der Waals surface area contributed by atoms with Gasteiger partial charge >= 0.3 is 0 Å². The molecule has 1 aliphatic heterocycles. The maximum atomic E-state index is 12.6. The summed E-state index contributed by atoms with van der Waals surface area (Å²) in [5, 5.41) is 2.79. The zero-order valence-electron chi connectivity index (χ0n) is 15.1. The van der Waals surface area contributed by atoms with Crippen LogP contribution in [0.5, 0.6) is 5.88 Å². The largest absolute Gasteiger partial charge is 0.481 e. The Hall–Kier alpha value is -2.22. The summed E-state index contributed by atoms with van der Waals surface area (Å²) < 4.78 is 5.26. The van der Waals surface area contributed by atoms with Crippen LogP contribution in [-0.4, -0.2) is 58.0 Å². The summed E-state index contributed by atoms with van der Waals surface area (Å²) in [7, 11) is 1.62. The maximum absolute atomic E-state index is 12.6. The topological polar surface area (TPSA) is 71.5 Å². The number of ether oxygens (including phenoxy) is 1. The number of thiazole rings is 1. The van der Waals surface area contributed by atoms with E-state index in [4.69, 9.17) is 4.74 Å². The van der Waals surface area contributed by atoms with Crippen LogP contribution in [0.25, 0.3) is 0 Å². The summed E-state index contributed by atoms with van der Waals surface area (Å²) in [4.78, 5) is 29.9. The summed E-state index contributed by atoms with van der Waals surface area (Å²) in [5.41, 5.74) is 0.575. The molecule has 0 atom stereocenters. The van der Waals surface area contributed by atoms with E-state index in [0.29, 0.717) is 23.7 Å². The number of likely N-dealkylation sites (tertiary alicyclic amines) is 1. The molecule has 0 aromatic carbocycles. The lowest BCUT2D eigenvalue weighted by atomic mass is 10.0. The third kappa shape index (κ3) is 3.51. The lowest BCUT2D eigenvalue weighted by molar-refractivity contribution is 0.0706. The Kier molecular flexibility index (Phi) is 4.76. The average molecular weight is 373 g/mol. The smallest absolute Gasteiger partial charge is 0.273 e. The first kappa shape index (κ1) is 17.2. The van der Waals surface area contributed by atoms with E-state index in [9.17, 15) is 4.79 Å². The average Bonchev–Trinajstić information content (AvgIpc) is 3.41. The van der Waals surface area contributed by atoms with Crippen molar-refractivity contribution in [3.8, 4) is 5.88 Å². The molecule has 26 heavy (non-hydrogen) atoms. The molecule has 3 heterocycles. The van der Waals surface area contributed by atoms with Crippen molar-refractivity contribution in [2.45, 2.75) is 44.7 Å². The molecule has 0 spiro atoms. The monoisotopic (exact) mass is 373 g/mol. The predicted octanol–water partition coefficient (Wildman–Crippen LogP) is 2.52. The molecular formula is C18H23N5O2S. The molecule has 2 aliphatic rings. The summed E-state index contributed by atoms with van der Waals surface area (Å²) in [6.45, 7) is 3.44. The Balaban J connectivity index is 1.44. The normalized spacial score (nSPS) is 18.0. The van der Waals surface area contributed by atoms with E-state index in [2.05, 4.69) is 19.9 Å². The number of piperidine rings is 1. The number of rotatable bonds is 5. The molecule has 8 heteroatoms. The molecule has 0 bridgehead atoms. The van der Waals surface area contributed by atoms with E-state index in [-0.39, 0.29) is 5.91 Å². The van der Waals surface area contributed by atoms with Crippen molar-refractivity contribution in [2.75, 3.05) is 25.1 Å². The Labute approximate surface area is 157 Å². The number of carbonyl (C=O) groups is 1. The molecule has 2 fully saturated rings. The van der Waals surface area contributed by atoms with E-state index in [1.165, 1.54) is 24.2 Å². The van der Waals surface area contributed by atoms with Gasteiger partial charge in [-0.2, -0.15) is 0 Å². The zero-order valence-corrected chi connectivity index (χ0v) is 15.9. The van der Waals surface area contributed by atoms with Crippen LogP contribution < -0.4 is 9.64 Å². The third-order valence-electron chi connectivity index (χ3n) is 5.02. The van der Waals surface area contributed by atoms with Crippen molar-refractivity contribution in [3.63, 3.8) is 0 Å². The van der Waals surface area contributed by atoms with Gasteiger partial charge in [0.05, 0.1) is 12.1 Å². The van der Waals surface area contributed by atoms with E-state index in [0.717, 1.165) is 36.8 Å². The molecule has 2 aromatic heterocycles. The number of nitrogens with zero attached hydrogens (tertiary/aromatic N) is 5. The van der Waals surface area contributed by atoms with Gasteiger partial charge in [0.1, 0.15) is 17.8 Å². The standard InChI is InChI=1S/C18H23N5O2S/c1-12-21-15(10-26-12)18(24)22-7-5-14(6-8-22)23(13-3-4-13)16-9-17(25-2)20-11-19-16/h9-11,13-14H,3-8H2,1-2H3. The van der Waals surface area contributed by atoms with Crippen LogP contribution >= 0.6 is 11.3 Å². The number of methoxy groups -OCH3 is 1. The summed E-state index contributed by atoms with van der Waals surface area (Å²) in [6.07, 6.45) is 5.84. The van der Waals surface area contributed by atoms with Crippen LogP contribution in [0.3, 0.4) is 0 Å². The summed E-state index contributed by atoms with van der Waals surface area (Å²) in [6, 6.07) is 2.85. The SMILES string of the molecule is COc1cc(N(C2CC2)C2CCN(C(=O)c3csc(C)n3)CC2)ncn1. The molecule has 0 unspecified atom stereocenters. The highest BCUT2D eigenvalue weighted by atomic mass is 32.1. The summed E-state index contributed by atoms with van der Waals surface area (Å²) in [5.74, 6) is 1.57. The van der Waals surface area contributed by atoms with Gasteiger partial charge in [-0.25, -0.2) is 15.0 Å². The molecule has 4 rings (SSSR count). The second kappa shape index (κ2) is 7.19. The Morgan fingerprint density at radius 2 is 1.96 bits per heavy atom. The molecular weight excluding hydrogens is 350 g/mol. The molecule has 1 saturated heterocycles. The van der Waals surface area contributed by atoms with Gasteiger partial charge in [-0.15, -0.1) is 11.3 Å². The minimum absolute atomic E-state index is 0.0504. The van der Waals surface area contributed by atoms with Gasteiger partial charge in [-0.1, -0.05) is 0 Å². The highest BCUT2D eigenvalue weighted by molar-refractivity contribution is 7.09. The van der Waals surface area contributed by atoms with Crippen molar-refractivity contribution in [1.82, 2.24) is 19.9 Å². The van der Waals surface area contributed by atoms with Crippen molar-refractivity contribution in [1.29, 1.82) is 0 Å². The maximum Gasteiger partial charge on any atom is 0.273 e. The van der Waals surface area contributed by atoms with Crippen LogP contribution in [-0.2, 0) is 0 Å². The molecule has 1 saturated carbocycles. The van der Waals surface area contributed by atoms with Crippen LogP contribution in [0, 0.1) is 6.92 Å². The van der Waals surface area contributed by atoms with Gasteiger partial charge in [-0.05, 0) is 32.6 Å². The fourth-order valence-electron chi connectivity index (χ4n) is 3.58. The van der Waals surface area contributed by atoms with E-state index in [1.807, 2.05) is 23.3 Å². The second-order valence-corrected chi connectivity index (χ2v) is 7.89. The lowest BCUT2D eigenvalue weighted by Crippen LogP contribution is -2.48. The number of carbonyl (C=O) groups excluding carboxylic acids is 1. The van der Waals surface area contributed by atoms with Gasteiger partial charge in [0.25, 0.3) is 5.91 Å². The Morgan fingerprint density at radius 1 is 1.23 bits per heavy atom. The van der Waals surface area contributed by atoms with Gasteiger partial charge in [0.15, 0.2) is 0 Å². The van der Waals surface area contributed by atoms with Gasteiger partial charge in [0, 0.05) is 36.6 Å². The fraction of sp³-hybridized carbons (Fsp3) is 0.556. The molecule has 0 N–H and O–H groups in total. The first-order valence-corrected chi connectivity index (χ1v) is 9.89. The van der Waals surface area contributed by atoms with Crippen LogP contribution in [0.1, 0.15) is 41.2 Å². The van der Waals surface area contributed by atoms with E-state index >= 15 is 0 Å². The van der Waals surface area contributed by atoms with Crippen molar-refractivity contribution in [3.05, 3.63) is 28.5 Å². The molecule has 1 aliphatic carbocycles. The molecule has 2 aromatic rings. The molecule has 0 radical (unpaired) electrons. The van der Waals surface area contributed by atoms with Crippen molar-refractivity contribution < 1.29 is 9.53 Å². The third-order valence-corrected chi connectivity index (χ3v) is 5.80. The zero-order chi connectivity index (χ0) is 18.1. The Morgan fingerprint density at radius 3 is 2.58 bits per heavy atom. The lowest BCUT2D eigenvalue weighted by Gasteiger charge is -2.39. The quantitative estimate of drug-likeness (QED) is 0.802. The number of amides is 1. The van der Waals surface area contributed by atoms with Crippen molar-refractivity contribution in [2.24, 2.45) is 0 Å². The Bertz CT molecular complexity index is 783. The van der Waals surface area contributed by atoms with Crippen LogP contribution in [0.2, 0.25) is 0 Å². The van der Waals surface area contributed by atoms with Gasteiger partial charge in [0.2, 0.25) is 5.88 Å². The highest BCUT2D eigenvalue weighted by Gasteiger charge is 2.37. The first-order valence-electron chi connectivity index (χ1n) is 9.01. The van der Waals surface area contributed by atoms with Gasteiger partial charge < -0.3 is 14.5 Å². The number of aromatic nitrogens is 3. The predicted molar refractivity (Wildman–Crippen MR) is 99.9 cm³/mol. The van der Waals surface area contributed by atoms with E-state index < -0.39 is 0 Å². The first-order chi connectivity index (χ1) is 12.7. The minimum atomic E-state index is 0.0504. The number of anilines is 1. The number of aryl methyl sites for hydroxylation is 1. The van der Waals surface area contributed by atoms with Gasteiger partial charge in [-0.3, -0.25) is 4.79 Å². The molecule has 1 amide bonds. The van der Waals surface area contributed by atoms with Crippen LogP contribution in [0.4, 0.5) is 5.82 Å². The summed E-state index contributed by atoms with van der Waals surface area (Å²) >= 11 is 1.52. The fourth-order valence-corrected chi connectivity index (χ4v) is 4.17. The van der Waals surface area contributed by atoms with Crippen LogP contribution in [0.15, 0.2) is 17.8 Å². The minimum Gasteiger partial charge on any atom is -0.481 e. The van der Waals surface area contributed by atoms with Crippen molar-refractivity contribution >= 4 is 23.1 Å². The molecule has 138 valence electrons. The van der Waals surface area contributed by atoms with E-state index in [1.54, 1.807) is 13.4 Å². The highest BCUT2D eigenvalue weighted by Crippen LogP contribution is 2.36.